The van der Waals surface area contributed by atoms with Crippen molar-refractivity contribution in [3.8, 4) is 11.6 Å². The summed E-state index contributed by atoms with van der Waals surface area (Å²) in [6.45, 7) is 0. The van der Waals surface area contributed by atoms with Crippen LogP contribution in [0.15, 0.2) is 60.9 Å². The standard InChI is InChI=1S/C19H16N8O2/c20-16(28)14(11-12-5-2-1-3-6-12)23-19(29)13-7-8-15-24-25-18(27(15)26-13)17-21-9-4-10-22-17/h1-10,14H,11H2,(H2,20,28)(H,23,29). The second-order valence-electron chi connectivity index (χ2n) is 6.20. The molecule has 0 saturated carbocycles. The number of nitrogens with zero attached hydrogens (tertiary/aromatic N) is 6. The zero-order valence-electron chi connectivity index (χ0n) is 15.1. The molecule has 0 aliphatic carbocycles. The van der Waals surface area contributed by atoms with Crippen LogP contribution >= 0.6 is 0 Å². The van der Waals surface area contributed by atoms with Crippen LogP contribution in [0.25, 0.3) is 17.3 Å². The van der Waals surface area contributed by atoms with Crippen LogP contribution in [-0.2, 0) is 11.2 Å². The number of fused-ring (bicyclic) bond motifs is 1. The van der Waals surface area contributed by atoms with Crippen molar-refractivity contribution in [2.24, 2.45) is 5.73 Å². The molecule has 1 aromatic carbocycles. The molecule has 3 aromatic heterocycles. The van der Waals surface area contributed by atoms with E-state index in [1.54, 1.807) is 24.5 Å². The number of hydrogen-bond donors (Lipinski definition) is 2. The van der Waals surface area contributed by atoms with Crippen molar-refractivity contribution in [3.63, 3.8) is 0 Å². The van der Waals surface area contributed by atoms with Crippen molar-refractivity contribution < 1.29 is 9.59 Å². The van der Waals surface area contributed by atoms with Crippen molar-refractivity contribution in [3.05, 3.63) is 72.2 Å². The van der Waals surface area contributed by atoms with Gasteiger partial charge in [-0.25, -0.2) is 9.97 Å². The van der Waals surface area contributed by atoms with E-state index < -0.39 is 17.9 Å². The third-order valence-electron chi connectivity index (χ3n) is 4.19. The van der Waals surface area contributed by atoms with Crippen LogP contribution in [0.1, 0.15) is 16.1 Å². The molecule has 0 bridgehead atoms. The molecule has 0 aliphatic heterocycles. The molecular weight excluding hydrogens is 372 g/mol. The molecular formula is C19H16N8O2. The molecule has 2 amide bonds. The predicted molar refractivity (Wildman–Crippen MR) is 102 cm³/mol. The van der Waals surface area contributed by atoms with Gasteiger partial charge in [-0.05, 0) is 23.8 Å². The number of carbonyl (C=O) groups excluding carboxylic acids is 2. The molecule has 0 spiro atoms. The van der Waals surface area contributed by atoms with E-state index in [9.17, 15) is 9.59 Å². The lowest BCUT2D eigenvalue weighted by atomic mass is 10.1. The Morgan fingerprint density at radius 2 is 1.76 bits per heavy atom. The Morgan fingerprint density at radius 3 is 2.48 bits per heavy atom. The van der Waals surface area contributed by atoms with Gasteiger partial charge >= 0.3 is 0 Å². The fraction of sp³-hybridized carbons (Fsp3) is 0.105. The van der Waals surface area contributed by atoms with Gasteiger partial charge in [-0.15, -0.1) is 10.2 Å². The van der Waals surface area contributed by atoms with Gasteiger partial charge < -0.3 is 11.1 Å². The number of nitrogens with two attached hydrogens (primary N) is 1. The van der Waals surface area contributed by atoms with E-state index >= 15 is 0 Å². The molecule has 0 radical (unpaired) electrons. The van der Waals surface area contributed by atoms with Gasteiger partial charge in [0.2, 0.25) is 11.7 Å². The topological polar surface area (TPSA) is 141 Å². The average molecular weight is 388 g/mol. The van der Waals surface area contributed by atoms with Gasteiger partial charge in [-0.3, -0.25) is 9.59 Å². The second-order valence-corrected chi connectivity index (χ2v) is 6.20. The molecule has 10 heteroatoms. The summed E-state index contributed by atoms with van der Waals surface area (Å²) >= 11 is 0. The number of aromatic nitrogens is 6. The molecule has 1 atom stereocenters. The number of amides is 2. The Bertz CT molecular complexity index is 1160. The van der Waals surface area contributed by atoms with Crippen molar-refractivity contribution in [1.82, 2.24) is 35.1 Å². The van der Waals surface area contributed by atoms with Gasteiger partial charge in [0.25, 0.3) is 5.91 Å². The van der Waals surface area contributed by atoms with Crippen molar-refractivity contribution in [2.75, 3.05) is 0 Å². The number of benzene rings is 1. The third kappa shape index (κ3) is 3.90. The van der Waals surface area contributed by atoms with E-state index in [0.29, 0.717) is 17.3 Å². The molecule has 3 heterocycles. The van der Waals surface area contributed by atoms with Crippen LogP contribution in [0.5, 0.6) is 0 Å². The Balaban J connectivity index is 1.60. The first-order chi connectivity index (χ1) is 14.1. The van der Waals surface area contributed by atoms with E-state index in [1.807, 2.05) is 30.3 Å². The Hall–Kier alpha value is -4.21. The van der Waals surface area contributed by atoms with Crippen LogP contribution in [-0.4, -0.2) is 47.6 Å². The smallest absolute Gasteiger partial charge is 0.272 e. The minimum absolute atomic E-state index is 0.0776. The highest BCUT2D eigenvalue weighted by Crippen LogP contribution is 2.12. The second kappa shape index (κ2) is 7.80. The zero-order valence-corrected chi connectivity index (χ0v) is 15.1. The molecule has 0 saturated heterocycles. The van der Waals surface area contributed by atoms with Crippen LogP contribution in [0.2, 0.25) is 0 Å². The summed E-state index contributed by atoms with van der Waals surface area (Å²) in [5.74, 6) is -0.554. The van der Waals surface area contributed by atoms with E-state index in [0.717, 1.165) is 5.56 Å². The maximum absolute atomic E-state index is 12.7. The van der Waals surface area contributed by atoms with Crippen LogP contribution in [0.4, 0.5) is 0 Å². The molecule has 4 rings (SSSR count). The summed E-state index contributed by atoms with van der Waals surface area (Å²) in [6.07, 6.45) is 3.42. The Labute approximate surface area is 164 Å². The lowest BCUT2D eigenvalue weighted by Gasteiger charge is -2.15. The van der Waals surface area contributed by atoms with Gasteiger partial charge in [0, 0.05) is 18.8 Å². The first-order valence-electron chi connectivity index (χ1n) is 8.76. The average Bonchev–Trinajstić information content (AvgIpc) is 3.18. The molecule has 4 aromatic rings. The zero-order chi connectivity index (χ0) is 20.2. The summed E-state index contributed by atoms with van der Waals surface area (Å²) in [5, 5.41) is 15.0. The third-order valence-corrected chi connectivity index (χ3v) is 4.19. The molecule has 10 nitrogen and oxygen atoms in total. The largest absolute Gasteiger partial charge is 0.368 e. The number of nitrogens with one attached hydrogen (secondary N) is 1. The Morgan fingerprint density at radius 1 is 1.00 bits per heavy atom. The van der Waals surface area contributed by atoms with E-state index in [4.69, 9.17) is 5.73 Å². The van der Waals surface area contributed by atoms with E-state index in [1.165, 1.54) is 10.6 Å². The lowest BCUT2D eigenvalue weighted by molar-refractivity contribution is -0.119. The number of carbonyl (C=O) groups is 2. The quantitative estimate of drug-likeness (QED) is 0.487. The van der Waals surface area contributed by atoms with E-state index in [-0.39, 0.29) is 12.1 Å². The highest BCUT2D eigenvalue weighted by molar-refractivity contribution is 5.96. The van der Waals surface area contributed by atoms with Gasteiger partial charge in [0.15, 0.2) is 11.5 Å². The monoisotopic (exact) mass is 388 g/mol. The van der Waals surface area contributed by atoms with Crippen molar-refractivity contribution in [1.29, 1.82) is 0 Å². The molecule has 29 heavy (non-hydrogen) atoms. The minimum atomic E-state index is -0.875. The lowest BCUT2D eigenvalue weighted by Crippen LogP contribution is -2.46. The first kappa shape index (κ1) is 18.2. The highest BCUT2D eigenvalue weighted by atomic mass is 16.2. The van der Waals surface area contributed by atoms with Gasteiger partial charge in [0.05, 0.1) is 0 Å². The summed E-state index contributed by atoms with van der Waals surface area (Å²) in [5.41, 5.74) is 6.85. The minimum Gasteiger partial charge on any atom is -0.368 e. The van der Waals surface area contributed by atoms with Gasteiger partial charge in [-0.1, -0.05) is 30.3 Å². The number of primary amides is 1. The summed E-state index contributed by atoms with van der Waals surface area (Å²) < 4.78 is 1.38. The predicted octanol–water partition coefficient (Wildman–Crippen LogP) is 0.408. The normalized spacial score (nSPS) is 11.9. The highest BCUT2D eigenvalue weighted by Gasteiger charge is 2.21. The maximum atomic E-state index is 12.7. The molecule has 0 fully saturated rings. The Kier molecular flexibility index (Phi) is 4.89. The van der Waals surface area contributed by atoms with Crippen LogP contribution in [0.3, 0.4) is 0 Å². The van der Waals surface area contributed by atoms with Crippen LogP contribution in [0, 0.1) is 0 Å². The number of rotatable bonds is 6. The fourth-order valence-electron chi connectivity index (χ4n) is 2.77. The SMILES string of the molecule is NC(=O)C(Cc1ccccc1)NC(=O)c1ccc2nnc(-c3ncccn3)n2n1. The summed E-state index contributed by atoms with van der Waals surface area (Å²) in [7, 11) is 0. The van der Waals surface area contributed by atoms with Crippen molar-refractivity contribution >= 4 is 17.5 Å². The summed E-state index contributed by atoms with van der Waals surface area (Å²) in [4.78, 5) is 32.8. The van der Waals surface area contributed by atoms with Crippen LogP contribution < -0.4 is 11.1 Å². The van der Waals surface area contributed by atoms with Gasteiger partial charge in [-0.2, -0.15) is 9.61 Å². The summed E-state index contributed by atoms with van der Waals surface area (Å²) in [6, 6.07) is 13.2. The fourth-order valence-corrected chi connectivity index (χ4v) is 2.77. The molecule has 3 N–H and O–H groups in total. The van der Waals surface area contributed by atoms with Gasteiger partial charge in [0.1, 0.15) is 11.7 Å². The van der Waals surface area contributed by atoms with E-state index in [2.05, 4.69) is 30.6 Å². The first-order valence-corrected chi connectivity index (χ1v) is 8.76. The maximum Gasteiger partial charge on any atom is 0.272 e. The molecule has 0 aliphatic rings. The molecule has 144 valence electrons. The number of hydrogen-bond acceptors (Lipinski definition) is 7. The van der Waals surface area contributed by atoms with Crippen molar-refractivity contribution in [2.45, 2.75) is 12.5 Å². The molecule has 1 unspecified atom stereocenters.